The fourth-order valence-electron chi connectivity index (χ4n) is 3.95. The van der Waals surface area contributed by atoms with Crippen molar-refractivity contribution in [1.29, 1.82) is 0 Å². The third kappa shape index (κ3) is 2.71. The molecule has 2 aliphatic heterocycles. The van der Waals surface area contributed by atoms with Crippen molar-refractivity contribution in [2.75, 3.05) is 0 Å². The van der Waals surface area contributed by atoms with Crippen LogP contribution in [0.5, 0.6) is 0 Å². The molecule has 126 valence electrons. The van der Waals surface area contributed by atoms with E-state index in [9.17, 15) is 9.59 Å². The molecular formula is C18H22N4O2. The molecule has 3 aliphatic rings. The number of aryl methyl sites for hydroxylation is 1. The van der Waals surface area contributed by atoms with E-state index in [-0.39, 0.29) is 23.7 Å². The van der Waals surface area contributed by atoms with Crippen molar-refractivity contribution in [2.45, 2.75) is 44.8 Å². The third-order valence-corrected chi connectivity index (χ3v) is 5.24. The van der Waals surface area contributed by atoms with Gasteiger partial charge >= 0.3 is 0 Å². The first-order valence-corrected chi connectivity index (χ1v) is 8.73. The van der Waals surface area contributed by atoms with Crippen LogP contribution in [0.1, 0.15) is 37.7 Å². The van der Waals surface area contributed by atoms with Gasteiger partial charge in [-0.05, 0) is 24.8 Å². The Morgan fingerprint density at radius 2 is 1.67 bits per heavy atom. The van der Waals surface area contributed by atoms with Crippen LogP contribution in [-0.4, -0.2) is 28.8 Å². The number of benzene rings is 1. The highest BCUT2D eigenvalue weighted by Crippen LogP contribution is 2.38. The van der Waals surface area contributed by atoms with Crippen LogP contribution in [0.2, 0.25) is 0 Å². The Morgan fingerprint density at radius 3 is 2.33 bits per heavy atom. The minimum Gasteiger partial charge on any atom is -0.306 e. The van der Waals surface area contributed by atoms with Crippen LogP contribution < -0.4 is 10.9 Å². The predicted molar refractivity (Wildman–Crippen MR) is 89.6 cm³/mol. The summed E-state index contributed by atoms with van der Waals surface area (Å²) in [5.74, 6) is 0.418. The van der Waals surface area contributed by atoms with Crippen LogP contribution in [-0.2, 0) is 16.0 Å². The molecular weight excluding hydrogens is 304 g/mol. The maximum absolute atomic E-state index is 12.6. The van der Waals surface area contributed by atoms with Gasteiger partial charge in [-0.1, -0.05) is 43.2 Å². The zero-order valence-corrected chi connectivity index (χ0v) is 13.6. The van der Waals surface area contributed by atoms with Gasteiger partial charge in [-0.3, -0.25) is 9.59 Å². The highest BCUT2D eigenvalue weighted by atomic mass is 16.2. The number of imide groups is 1. The Kier molecular flexibility index (Phi) is 4.06. The zero-order chi connectivity index (χ0) is 16.5. The van der Waals surface area contributed by atoms with E-state index in [4.69, 9.17) is 0 Å². The number of hydrogen-bond donors (Lipinski definition) is 2. The van der Waals surface area contributed by atoms with Crippen LogP contribution in [0, 0.1) is 11.8 Å². The normalized spacial score (nSPS) is 29.4. The lowest BCUT2D eigenvalue weighted by Gasteiger charge is -2.19. The number of hydrazine groups is 1. The quantitative estimate of drug-likeness (QED) is 0.824. The van der Waals surface area contributed by atoms with Crippen LogP contribution in [0.15, 0.2) is 35.3 Å². The highest BCUT2D eigenvalue weighted by molar-refractivity contribution is 6.05. The fourth-order valence-corrected chi connectivity index (χ4v) is 3.95. The average molecular weight is 326 g/mol. The SMILES string of the molecule is O=C1C2CCCCC2C(=O)N1C1N=C(CCc2ccccc2)NN1. The maximum Gasteiger partial charge on any atom is 0.235 e. The first-order valence-electron chi connectivity index (χ1n) is 8.73. The first-order chi connectivity index (χ1) is 11.7. The molecule has 0 bridgehead atoms. The number of nitrogens with one attached hydrogen (secondary N) is 2. The number of fused-ring (bicyclic) bond motifs is 1. The second-order valence-electron chi connectivity index (χ2n) is 6.75. The van der Waals surface area contributed by atoms with Crippen molar-refractivity contribution >= 4 is 17.6 Å². The maximum atomic E-state index is 12.6. The van der Waals surface area contributed by atoms with Gasteiger partial charge in [-0.2, -0.15) is 5.43 Å². The van der Waals surface area contributed by atoms with Crippen LogP contribution >= 0.6 is 0 Å². The Bertz CT molecular complexity index is 649. The average Bonchev–Trinajstić information content (AvgIpc) is 3.18. The molecule has 3 atom stereocenters. The molecule has 1 aliphatic carbocycles. The standard InChI is InChI=1S/C18H22N4O2/c23-16-13-8-4-5-9-14(13)17(24)22(16)18-19-15(20-21-18)11-10-12-6-2-1-3-7-12/h1-3,6-7,13-14,18,21H,4-5,8-11H2,(H,19,20). The molecule has 2 heterocycles. The number of amides is 2. The minimum atomic E-state index is -0.596. The summed E-state index contributed by atoms with van der Waals surface area (Å²) in [5, 5.41) is 0. The zero-order valence-electron chi connectivity index (χ0n) is 13.6. The van der Waals surface area contributed by atoms with Crippen molar-refractivity contribution in [3.63, 3.8) is 0 Å². The third-order valence-electron chi connectivity index (χ3n) is 5.24. The molecule has 1 aromatic carbocycles. The number of aliphatic imine (C=N–C) groups is 1. The lowest BCUT2D eigenvalue weighted by Crippen LogP contribution is -2.49. The molecule has 1 aromatic rings. The Morgan fingerprint density at radius 1 is 1.00 bits per heavy atom. The Labute approximate surface area is 141 Å². The topological polar surface area (TPSA) is 73.8 Å². The summed E-state index contributed by atoms with van der Waals surface area (Å²) < 4.78 is 0. The number of likely N-dealkylation sites (tertiary alicyclic amines) is 1. The second kappa shape index (κ2) is 6.36. The summed E-state index contributed by atoms with van der Waals surface area (Å²) >= 11 is 0. The van der Waals surface area contributed by atoms with Crippen LogP contribution in [0.4, 0.5) is 0 Å². The highest BCUT2D eigenvalue weighted by Gasteiger charge is 2.51. The predicted octanol–water partition coefficient (Wildman–Crippen LogP) is 1.58. The molecule has 24 heavy (non-hydrogen) atoms. The van der Waals surface area contributed by atoms with Crippen LogP contribution in [0.3, 0.4) is 0 Å². The van der Waals surface area contributed by atoms with E-state index < -0.39 is 6.29 Å². The van der Waals surface area contributed by atoms with Gasteiger partial charge in [0.25, 0.3) is 0 Å². The molecule has 3 unspecified atom stereocenters. The van der Waals surface area contributed by atoms with Crippen LogP contribution in [0.25, 0.3) is 0 Å². The van der Waals surface area contributed by atoms with Gasteiger partial charge < -0.3 is 5.43 Å². The lowest BCUT2D eigenvalue weighted by molar-refractivity contribution is -0.143. The van der Waals surface area contributed by atoms with Gasteiger partial charge in [0, 0.05) is 6.42 Å². The summed E-state index contributed by atoms with van der Waals surface area (Å²) in [6.07, 6.45) is 4.75. The fraction of sp³-hybridized carbons (Fsp3) is 0.500. The van der Waals surface area contributed by atoms with Crippen molar-refractivity contribution < 1.29 is 9.59 Å². The molecule has 2 N–H and O–H groups in total. The largest absolute Gasteiger partial charge is 0.306 e. The molecule has 0 radical (unpaired) electrons. The molecule has 2 amide bonds. The lowest BCUT2D eigenvalue weighted by atomic mass is 9.81. The van der Waals surface area contributed by atoms with E-state index in [0.29, 0.717) is 0 Å². The van der Waals surface area contributed by atoms with E-state index in [2.05, 4.69) is 28.0 Å². The molecule has 0 spiro atoms. The van der Waals surface area contributed by atoms with Gasteiger partial charge in [0.1, 0.15) is 5.84 Å². The molecule has 6 heteroatoms. The molecule has 6 nitrogen and oxygen atoms in total. The van der Waals surface area contributed by atoms with Gasteiger partial charge in [-0.25, -0.2) is 9.89 Å². The number of hydrogen-bond acceptors (Lipinski definition) is 5. The number of carbonyl (C=O) groups is 2. The summed E-state index contributed by atoms with van der Waals surface area (Å²) in [5.41, 5.74) is 7.26. The molecule has 1 saturated heterocycles. The van der Waals surface area contributed by atoms with E-state index in [0.717, 1.165) is 44.4 Å². The number of nitrogens with zero attached hydrogens (tertiary/aromatic N) is 2. The summed E-state index contributed by atoms with van der Waals surface area (Å²) in [7, 11) is 0. The van der Waals surface area contributed by atoms with E-state index in [1.165, 1.54) is 10.5 Å². The Balaban J connectivity index is 1.43. The van der Waals surface area contributed by atoms with Gasteiger partial charge in [0.15, 0.2) is 0 Å². The first kappa shape index (κ1) is 15.3. The number of carbonyl (C=O) groups excluding carboxylic acids is 2. The molecule has 1 saturated carbocycles. The number of amidine groups is 1. The van der Waals surface area contributed by atoms with E-state index in [1.807, 2.05) is 18.2 Å². The van der Waals surface area contributed by atoms with Gasteiger partial charge in [-0.15, -0.1) is 0 Å². The molecule has 4 rings (SSSR count). The summed E-state index contributed by atoms with van der Waals surface area (Å²) in [6.45, 7) is 0. The van der Waals surface area contributed by atoms with Crippen molar-refractivity contribution in [2.24, 2.45) is 16.8 Å². The summed E-state index contributed by atoms with van der Waals surface area (Å²) in [4.78, 5) is 31.0. The second-order valence-corrected chi connectivity index (χ2v) is 6.75. The van der Waals surface area contributed by atoms with E-state index >= 15 is 0 Å². The van der Waals surface area contributed by atoms with Gasteiger partial charge in [0.05, 0.1) is 11.8 Å². The summed E-state index contributed by atoms with van der Waals surface area (Å²) in [6, 6.07) is 10.2. The van der Waals surface area contributed by atoms with Crippen molar-refractivity contribution in [3.8, 4) is 0 Å². The van der Waals surface area contributed by atoms with E-state index in [1.54, 1.807) is 0 Å². The molecule has 0 aromatic heterocycles. The molecule has 2 fully saturated rings. The number of rotatable bonds is 4. The minimum absolute atomic E-state index is 0.0583. The monoisotopic (exact) mass is 326 g/mol. The smallest absolute Gasteiger partial charge is 0.235 e. The van der Waals surface area contributed by atoms with Crippen molar-refractivity contribution in [1.82, 2.24) is 15.8 Å². The van der Waals surface area contributed by atoms with Crippen molar-refractivity contribution in [3.05, 3.63) is 35.9 Å². The Hall–Kier alpha value is -2.21. The van der Waals surface area contributed by atoms with Gasteiger partial charge in [0.2, 0.25) is 18.1 Å².